The normalized spacial score (nSPS) is 11.1. The molecule has 0 bridgehead atoms. The fourth-order valence-electron chi connectivity index (χ4n) is 1.50. The Labute approximate surface area is 119 Å². The zero-order valence-corrected chi connectivity index (χ0v) is 12.5. The monoisotopic (exact) mass is 300 g/mol. The van der Waals surface area contributed by atoms with E-state index in [4.69, 9.17) is 0 Å². The number of nitrogens with one attached hydrogen (secondary N) is 3. The van der Waals surface area contributed by atoms with Gasteiger partial charge in [0.2, 0.25) is 15.9 Å². The Bertz CT molecular complexity index is 545. The van der Waals surface area contributed by atoms with Gasteiger partial charge < -0.3 is 10.6 Å². The summed E-state index contributed by atoms with van der Waals surface area (Å²) in [5.41, 5.74) is 0.462. The van der Waals surface area contributed by atoms with E-state index in [1.54, 1.807) is 6.07 Å². The van der Waals surface area contributed by atoms with Crippen molar-refractivity contribution in [3.63, 3.8) is 0 Å². The zero-order chi connectivity index (χ0) is 15.0. The van der Waals surface area contributed by atoms with Gasteiger partial charge in [0, 0.05) is 25.5 Å². The Morgan fingerprint density at radius 2 is 2.10 bits per heavy atom. The lowest BCUT2D eigenvalue weighted by Crippen LogP contribution is -2.37. The summed E-state index contributed by atoms with van der Waals surface area (Å²) in [4.78, 5) is 15.3. The average Bonchev–Trinajstić information content (AvgIpc) is 2.44. The minimum absolute atomic E-state index is 0.0325. The fraction of sp³-hybridized carbons (Fsp3) is 0.500. The highest BCUT2D eigenvalue weighted by Gasteiger charge is 2.19. The third kappa shape index (κ3) is 4.78. The summed E-state index contributed by atoms with van der Waals surface area (Å²) < 4.78 is 26.5. The summed E-state index contributed by atoms with van der Waals surface area (Å²) in [6.07, 6.45) is 3.56. The van der Waals surface area contributed by atoms with Gasteiger partial charge in [-0.25, -0.2) is 13.1 Å². The molecule has 1 rings (SSSR count). The van der Waals surface area contributed by atoms with Crippen LogP contribution in [0.3, 0.4) is 0 Å². The van der Waals surface area contributed by atoms with Gasteiger partial charge in [0.25, 0.3) is 0 Å². The SMILES string of the molecule is CCCNC(=O)CNS(=O)(=O)c1cnccc1NCC. The predicted molar refractivity (Wildman–Crippen MR) is 76.9 cm³/mol. The Balaban J connectivity index is 2.76. The van der Waals surface area contributed by atoms with Crippen LogP contribution in [-0.4, -0.2) is 38.9 Å². The Kier molecular flexibility index (Phi) is 6.40. The van der Waals surface area contributed by atoms with Crippen molar-refractivity contribution in [1.82, 2.24) is 15.0 Å². The molecule has 0 saturated carbocycles. The van der Waals surface area contributed by atoms with E-state index in [2.05, 4.69) is 20.3 Å². The highest BCUT2D eigenvalue weighted by atomic mass is 32.2. The van der Waals surface area contributed by atoms with E-state index in [1.807, 2.05) is 13.8 Å². The second kappa shape index (κ2) is 7.81. The highest BCUT2D eigenvalue weighted by molar-refractivity contribution is 7.89. The number of pyridine rings is 1. The molecule has 0 aromatic carbocycles. The van der Waals surface area contributed by atoms with E-state index >= 15 is 0 Å². The number of hydrogen-bond acceptors (Lipinski definition) is 5. The van der Waals surface area contributed by atoms with Gasteiger partial charge in [-0.3, -0.25) is 9.78 Å². The van der Waals surface area contributed by atoms with Crippen molar-refractivity contribution in [1.29, 1.82) is 0 Å². The van der Waals surface area contributed by atoms with Crippen LogP contribution in [0.1, 0.15) is 20.3 Å². The number of carbonyl (C=O) groups excluding carboxylic acids is 1. The Morgan fingerprint density at radius 3 is 2.75 bits per heavy atom. The molecule has 1 amide bonds. The molecule has 20 heavy (non-hydrogen) atoms. The molecule has 7 nitrogen and oxygen atoms in total. The van der Waals surface area contributed by atoms with E-state index in [0.29, 0.717) is 18.8 Å². The molecule has 0 radical (unpaired) electrons. The molecule has 112 valence electrons. The first-order valence-corrected chi connectivity index (χ1v) is 7.93. The smallest absolute Gasteiger partial charge is 0.244 e. The maximum absolute atomic E-state index is 12.1. The third-order valence-electron chi connectivity index (χ3n) is 2.44. The van der Waals surface area contributed by atoms with Crippen molar-refractivity contribution in [2.24, 2.45) is 0 Å². The maximum atomic E-state index is 12.1. The Morgan fingerprint density at radius 1 is 1.35 bits per heavy atom. The first-order chi connectivity index (χ1) is 9.51. The number of amides is 1. The molecular weight excluding hydrogens is 280 g/mol. The number of aromatic nitrogens is 1. The van der Waals surface area contributed by atoms with Crippen molar-refractivity contribution >= 4 is 21.6 Å². The number of hydrogen-bond donors (Lipinski definition) is 3. The van der Waals surface area contributed by atoms with Gasteiger partial charge in [-0.1, -0.05) is 6.92 Å². The summed E-state index contributed by atoms with van der Waals surface area (Å²) in [5.74, 6) is -0.357. The molecule has 0 saturated heterocycles. The molecule has 1 aromatic heterocycles. The van der Waals surface area contributed by atoms with Gasteiger partial charge >= 0.3 is 0 Å². The second-order valence-electron chi connectivity index (χ2n) is 4.08. The summed E-state index contributed by atoms with van der Waals surface area (Å²) in [6, 6.07) is 1.58. The number of rotatable bonds is 8. The zero-order valence-electron chi connectivity index (χ0n) is 11.6. The first-order valence-electron chi connectivity index (χ1n) is 6.45. The lowest BCUT2D eigenvalue weighted by atomic mass is 10.4. The molecule has 1 heterocycles. The largest absolute Gasteiger partial charge is 0.384 e. The van der Waals surface area contributed by atoms with Crippen molar-refractivity contribution in [3.05, 3.63) is 18.5 Å². The van der Waals surface area contributed by atoms with Gasteiger partial charge in [-0.05, 0) is 19.4 Å². The highest BCUT2D eigenvalue weighted by Crippen LogP contribution is 2.18. The molecule has 8 heteroatoms. The summed E-state index contributed by atoms with van der Waals surface area (Å²) in [6.45, 7) is 4.60. The quantitative estimate of drug-likeness (QED) is 0.642. The molecule has 0 spiro atoms. The average molecular weight is 300 g/mol. The predicted octanol–water partition coefficient (Wildman–Crippen LogP) is 0.318. The fourth-order valence-corrected chi connectivity index (χ4v) is 2.60. The minimum atomic E-state index is -3.77. The van der Waals surface area contributed by atoms with Crippen molar-refractivity contribution in [2.45, 2.75) is 25.2 Å². The maximum Gasteiger partial charge on any atom is 0.244 e. The van der Waals surface area contributed by atoms with Crippen LogP contribution in [0.25, 0.3) is 0 Å². The van der Waals surface area contributed by atoms with E-state index in [0.717, 1.165) is 6.42 Å². The van der Waals surface area contributed by atoms with E-state index in [-0.39, 0.29) is 17.3 Å². The number of sulfonamides is 1. The van der Waals surface area contributed by atoms with Crippen LogP contribution in [0.2, 0.25) is 0 Å². The van der Waals surface area contributed by atoms with E-state index < -0.39 is 10.0 Å². The Hall–Kier alpha value is -1.67. The van der Waals surface area contributed by atoms with Crippen LogP contribution in [-0.2, 0) is 14.8 Å². The number of carbonyl (C=O) groups is 1. The van der Waals surface area contributed by atoms with Crippen molar-refractivity contribution in [2.75, 3.05) is 25.0 Å². The lowest BCUT2D eigenvalue weighted by molar-refractivity contribution is -0.119. The summed E-state index contributed by atoms with van der Waals surface area (Å²) in [7, 11) is -3.77. The van der Waals surface area contributed by atoms with Crippen LogP contribution in [0.5, 0.6) is 0 Å². The lowest BCUT2D eigenvalue weighted by Gasteiger charge is -2.11. The van der Waals surface area contributed by atoms with Crippen molar-refractivity contribution in [3.8, 4) is 0 Å². The molecule has 3 N–H and O–H groups in total. The van der Waals surface area contributed by atoms with Gasteiger partial charge in [0.05, 0.1) is 12.2 Å². The molecule has 0 atom stereocenters. The summed E-state index contributed by atoms with van der Waals surface area (Å²) >= 11 is 0. The van der Waals surface area contributed by atoms with Crippen LogP contribution in [0, 0.1) is 0 Å². The van der Waals surface area contributed by atoms with Crippen LogP contribution >= 0.6 is 0 Å². The molecular formula is C12H20N4O3S. The van der Waals surface area contributed by atoms with Crippen LogP contribution in [0.4, 0.5) is 5.69 Å². The van der Waals surface area contributed by atoms with E-state index in [9.17, 15) is 13.2 Å². The first kappa shape index (κ1) is 16.4. The van der Waals surface area contributed by atoms with Gasteiger partial charge in [0.15, 0.2) is 0 Å². The standard InChI is InChI=1S/C12H20N4O3S/c1-3-6-15-12(17)9-16-20(18,19)11-8-13-7-5-10(11)14-4-2/h5,7-8,16H,3-4,6,9H2,1-2H3,(H,13,14)(H,15,17). The number of nitrogens with zero attached hydrogens (tertiary/aromatic N) is 1. The molecule has 0 aliphatic carbocycles. The molecule has 1 aromatic rings. The topological polar surface area (TPSA) is 100 Å². The van der Waals surface area contributed by atoms with Crippen LogP contribution < -0.4 is 15.4 Å². The van der Waals surface area contributed by atoms with Crippen molar-refractivity contribution < 1.29 is 13.2 Å². The van der Waals surface area contributed by atoms with Crippen LogP contribution in [0.15, 0.2) is 23.4 Å². The van der Waals surface area contributed by atoms with Gasteiger partial charge in [0.1, 0.15) is 4.90 Å². The van der Waals surface area contributed by atoms with E-state index in [1.165, 1.54) is 12.4 Å². The van der Waals surface area contributed by atoms with Gasteiger partial charge in [-0.2, -0.15) is 0 Å². The second-order valence-corrected chi connectivity index (χ2v) is 5.81. The van der Waals surface area contributed by atoms with Gasteiger partial charge in [-0.15, -0.1) is 0 Å². The molecule has 0 unspecified atom stereocenters. The molecule has 0 aliphatic heterocycles. The summed E-state index contributed by atoms with van der Waals surface area (Å²) in [5, 5.41) is 5.54. The number of anilines is 1. The third-order valence-corrected chi connectivity index (χ3v) is 3.86. The minimum Gasteiger partial charge on any atom is -0.384 e. The molecule has 0 fully saturated rings. The molecule has 0 aliphatic rings.